The Kier molecular flexibility index (Phi) is 3.09. The first kappa shape index (κ1) is 8.54. The van der Waals surface area contributed by atoms with E-state index < -0.39 is 0 Å². The van der Waals surface area contributed by atoms with Crippen LogP contribution in [-0.2, 0) is 6.54 Å². The Bertz CT molecular complexity index is 242. The highest BCUT2D eigenvalue weighted by molar-refractivity contribution is 5.78. The number of guanidine groups is 1. The van der Waals surface area contributed by atoms with Gasteiger partial charge in [-0.15, -0.1) is 0 Å². The second kappa shape index (κ2) is 4.35. The highest BCUT2D eigenvalue weighted by Gasteiger charge is 1.96. The Balaban J connectivity index is 2.35. The molecular formula is C6H11N5O. The third-order valence-electron chi connectivity index (χ3n) is 1.28. The van der Waals surface area contributed by atoms with Crippen molar-refractivity contribution in [3.05, 3.63) is 18.4 Å². The van der Waals surface area contributed by atoms with Crippen molar-refractivity contribution in [3.8, 4) is 0 Å². The molecule has 6 heteroatoms. The van der Waals surface area contributed by atoms with Gasteiger partial charge in [0.25, 0.3) is 0 Å². The molecule has 0 aliphatic rings. The summed E-state index contributed by atoms with van der Waals surface area (Å²) in [5.74, 6) is 5.65. The fourth-order valence-electron chi connectivity index (χ4n) is 0.694. The number of aromatic nitrogens is 1. The van der Waals surface area contributed by atoms with Gasteiger partial charge in [0.05, 0.1) is 12.2 Å². The van der Waals surface area contributed by atoms with Gasteiger partial charge in [-0.2, -0.15) is 0 Å². The summed E-state index contributed by atoms with van der Waals surface area (Å²) in [4.78, 5) is 7.72. The number of nitrogens with two attached hydrogens (primary N) is 1. The topological polar surface area (TPSA) is 88.5 Å². The molecule has 0 saturated heterocycles. The lowest BCUT2D eigenvalue weighted by molar-refractivity contribution is 0.556. The molecule has 1 aromatic heterocycles. The van der Waals surface area contributed by atoms with Gasteiger partial charge in [0.15, 0.2) is 6.39 Å². The minimum atomic E-state index is 0.512. The third-order valence-corrected chi connectivity index (χ3v) is 1.28. The zero-order chi connectivity index (χ0) is 8.81. The predicted molar refractivity (Wildman–Crippen MR) is 44.0 cm³/mol. The van der Waals surface area contributed by atoms with E-state index in [1.54, 1.807) is 13.3 Å². The van der Waals surface area contributed by atoms with Crippen molar-refractivity contribution in [1.82, 2.24) is 15.7 Å². The zero-order valence-electron chi connectivity index (χ0n) is 6.74. The van der Waals surface area contributed by atoms with Crippen LogP contribution in [0.1, 0.15) is 5.69 Å². The van der Waals surface area contributed by atoms with Gasteiger partial charge in [-0.1, -0.05) is 0 Å². The lowest BCUT2D eigenvalue weighted by atomic mass is 10.5. The first-order valence-electron chi connectivity index (χ1n) is 3.41. The molecule has 0 aliphatic heterocycles. The van der Waals surface area contributed by atoms with Crippen LogP contribution in [0.25, 0.3) is 0 Å². The van der Waals surface area contributed by atoms with E-state index in [4.69, 9.17) is 10.3 Å². The molecular weight excluding hydrogens is 158 g/mol. The molecule has 0 aromatic carbocycles. The maximum Gasteiger partial charge on any atom is 0.205 e. The van der Waals surface area contributed by atoms with E-state index >= 15 is 0 Å². The number of nitrogens with one attached hydrogen (secondary N) is 2. The minimum Gasteiger partial charge on any atom is -0.451 e. The van der Waals surface area contributed by atoms with Gasteiger partial charge in [0, 0.05) is 7.05 Å². The number of oxazole rings is 1. The molecule has 0 spiro atoms. The maximum absolute atomic E-state index is 5.14. The molecule has 66 valence electrons. The van der Waals surface area contributed by atoms with E-state index in [0.29, 0.717) is 12.5 Å². The van der Waals surface area contributed by atoms with E-state index in [2.05, 4.69) is 20.7 Å². The summed E-state index contributed by atoms with van der Waals surface area (Å²) in [6, 6.07) is 0. The highest BCUT2D eigenvalue weighted by atomic mass is 16.3. The van der Waals surface area contributed by atoms with E-state index in [1.165, 1.54) is 6.39 Å². The molecule has 1 aromatic rings. The largest absolute Gasteiger partial charge is 0.451 e. The van der Waals surface area contributed by atoms with Crippen LogP contribution < -0.4 is 16.6 Å². The van der Waals surface area contributed by atoms with Gasteiger partial charge >= 0.3 is 0 Å². The van der Waals surface area contributed by atoms with Gasteiger partial charge in [-0.3, -0.25) is 10.4 Å². The van der Waals surface area contributed by atoms with Crippen molar-refractivity contribution in [2.45, 2.75) is 6.54 Å². The summed E-state index contributed by atoms with van der Waals surface area (Å²) < 4.78 is 4.77. The van der Waals surface area contributed by atoms with Crippen LogP contribution in [0.2, 0.25) is 0 Å². The summed E-state index contributed by atoms with van der Waals surface area (Å²) >= 11 is 0. The van der Waals surface area contributed by atoms with E-state index in [1.807, 2.05) is 0 Å². The van der Waals surface area contributed by atoms with E-state index in [-0.39, 0.29) is 0 Å². The van der Waals surface area contributed by atoms with Crippen molar-refractivity contribution in [2.24, 2.45) is 10.8 Å². The lowest BCUT2D eigenvalue weighted by Gasteiger charge is -2.04. The highest BCUT2D eigenvalue weighted by Crippen LogP contribution is 1.91. The SMILES string of the molecule is CN=C(NN)NCc1cocn1. The van der Waals surface area contributed by atoms with Crippen LogP contribution in [0.5, 0.6) is 0 Å². The van der Waals surface area contributed by atoms with Crippen LogP contribution in [0, 0.1) is 0 Å². The van der Waals surface area contributed by atoms with Crippen molar-refractivity contribution in [1.29, 1.82) is 0 Å². The molecule has 0 aliphatic carbocycles. The van der Waals surface area contributed by atoms with Crippen molar-refractivity contribution >= 4 is 5.96 Å². The smallest absolute Gasteiger partial charge is 0.205 e. The molecule has 0 amide bonds. The standard InChI is InChI=1S/C6H11N5O/c1-8-6(11-7)9-2-5-3-12-4-10-5/h3-4H,2,7H2,1H3,(H2,8,9,11). The summed E-state index contributed by atoms with van der Waals surface area (Å²) in [6.45, 7) is 0.535. The average Bonchev–Trinajstić information content (AvgIpc) is 2.59. The Morgan fingerprint density at radius 3 is 3.17 bits per heavy atom. The molecule has 4 N–H and O–H groups in total. The van der Waals surface area contributed by atoms with Gasteiger partial charge in [0.1, 0.15) is 6.26 Å². The number of aliphatic imine (C=N–C) groups is 1. The number of nitrogens with zero attached hydrogens (tertiary/aromatic N) is 2. The number of hydrogen-bond donors (Lipinski definition) is 3. The summed E-state index contributed by atoms with van der Waals surface area (Å²) in [5, 5.41) is 2.91. The molecule has 1 heterocycles. The Morgan fingerprint density at radius 1 is 1.83 bits per heavy atom. The second-order valence-electron chi connectivity index (χ2n) is 2.05. The van der Waals surface area contributed by atoms with Crippen LogP contribution >= 0.6 is 0 Å². The predicted octanol–water partition coefficient (Wildman–Crippen LogP) is -0.787. The summed E-state index contributed by atoms with van der Waals surface area (Å²) in [7, 11) is 1.63. The molecule has 12 heavy (non-hydrogen) atoms. The second-order valence-corrected chi connectivity index (χ2v) is 2.05. The van der Waals surface area contributed by atoms with Gasteiger partial charge in [-0.05, 0) is 0 Å². The zero-order valence-corrected chi connectivity index (χ0v) is 6.74. The quantitative estimate of drug-likeness (QED) is 0.234. The fourth-order valence-corrected chi connectivity index (χ4v) is 0.694. The van der Waals surface area contributed by atoms with Crippen LogP contribution in [0.4, 0.5) is 0 Å². The normalized spacial score (nSPS) is 11.3. The van der Waals surface area contributed by atoms with Gasteiger partial charge in [-0.25, -0.2) is 10.8 Å². The average molecular weight is 169 g/mol. The van der Waals surface area contributed by atoms with Crippen LogP contribution in [0.3, 0.4) is 0 Å². The molecule has 1 rings (SSSR count). The first-order valence-corrected chi connectivity index (χ1v) is 3.41. The van der Waals surface area contributed by atoms with Crippen LogP contribution in [0.15, 0.2) is 22.1 Å². The van der Waals surface area contributed by atoms with E-state index in [0.717, 1.165) is 5.69 Å². The van der Waals surface area contributed by atoms with Crippen molar-refractivity contribution in [2.75, 3.05) is 7.05 Å². The number of hydrazine groups is 1. The first-order chi connectivity index (χ1) is 5.86. The third kappa shape index (κ3) is 2.24. The molecule has 6 nitrogen and oxygen atoms in total. The van der Waals surface area contributed by atoms with Crippen molar-refractivity contribution < 1.29 is 4.42 Å². The number of rotatable bonds is 2. The molecule has 0 radical (unpaired) electrons. The number of hydrogen-bond acceptors (Lipinski definition) is 4. The van der Waals surface area contributed by atoms with Crippen molar-refractivity contribution in [3.63, 3.8) is 0 Å². The molecule has 0 saturated carbocycles. The molecule has 0 fully saturated rings. The Morgan fingerprint density at radius 2 is 2.67 bits per heavy atom. The summed E-state index contributed by atoms with van der Waals surface area (Å²) in [5.41, 5.74) is 3.19. The van der Waals surface area contributed by atoms with E-state index in [9.17, 15) is 0 Å². The Hall–Kier alpha value is -1.56. The van der Waals surface area contributed by atoms with Gasteiger partial charge < -0.3 is 9.73 Å². The summed E-state index contributed by atoms with van der Waals surface area (Å²) in [6.07, 6.45) is 2.92. The minimum absolute atomic E-state index is 0.512. The monoisotopic (exact) mass is 169 g/mol. The van der Waals surface area contributed by atoms with Crippen LogP contribution in [-0.4, -0.2) is 18.0 Å². The maximum atomic E-state index is 5.14. The molecule has 0 bridgehead atoms. The Labute approximate surface area is 69.8 Å². The van der Waals surface area contributed by atoms with Gasteiger partial charge in [0.2, 0.25) is 5.96 Å². The molecule has 0 atom stereocenters. The lowest BCUT2D eigenvalue weighted by Crippen LogP contribution is -2.41. The fraction of sp³-hybridized carbons (Fsp3) is 0.333. The molecule has 0 unspecified atom stereocenters.